The maximum absolute atomic E-state index is 4.53. The Morgan fingerprint density at radius 2 is 1.77 bits per heavy atom. The van der Waals surface area contributed by atoms with Crippen LogP contribution in [0.15, 0.2) is 59.8 Å². The van der Waals surface area contributed by atoms with Crippen LogP contribution in [0.1, 0.15) is 60.1 Å². The Morgan fingerprint density at radius 1 is 1.13 bits per heavy atom. The Labute approximate surface area is 182 Å². The van der Waals surface area contributed by atoms with E-state index in [9.17, 15) is 0 Å². The fourth-order valence-corrected chi connectivity index (χ4v) is 4.28. The van der Waals surface area contributed by atoms with E-state index >= 15 is 0 Å². The summed E-state index contributed by atoms with van der Waals surface area (Å²) in [5, 5.41) is 12.8. The lowest BCUT2D eigenvalue weighted by molar-refractivity contribution is 0.160. The number of anilines is 1. The smallest absolute Gasteiger partial charge is 0.151 e. The quantitative estimate of drug-likeness (QED) is 0.489. The van der Waals surface area contributed by atoms with Crippen LogP contribution in [0.3, 0.4) is 0 Å². The van der Waals surface area contributed by atoms with Crippen molar-refractivity contribution in [1.29, 1.82) is 0 Å². The molecule has 1 saturated heterocycles. The van der Waals surface area contributed by atoms with E-state index in [-0.39, 0.29) is 11.1 Å². The van der Waals surface area contributed by atoms with Crippen LogP contribution < -0.4 is 10.2 Å². The highest BCUT2D eigenvalue weighted by Crippen LogP contribution is 2.32. The first-order valence-corrected chi connectivity index (χ1v) is 10.5. The van der Waals surface area contributed by atoms with Gasteiger partial charge in [0.25, 0.3) is 0 Å². The number of allylic oxidation sites excluding steroid dienone is 5. The zero-order chi connectivity index (χ0) is 22.5. The lowest BCUT2D eigenvalue weighted by Gasteiger charge is -2.49. The Kier molecular flexibility index (Phi) is 7.54. The maximum atomic E-state index is 4.53. The summed E-state index contributed by atoms with van der Waals surface area (Å²) in [6.45, 7) is 20.7. The Hall–Kier alpha value is -2.53. The summed E-state index contributed by atoms with van der Waals surface area (Å²) in [4.78, 5) is 6.70. The van der Waals surface area contributed by atoms with Crippen LogP contribution in [0.2, 0.25) is 0 Å². The Bertz CT molecular complexity index is 840. The minimum Gasteiger partial charge on any atom is -0.355 e. The van der Waals surface area contributed by atoms with Crippen molar-refractivity contribution in [3.63, 3.8) is 0 Å². The summed E-state index contributed by atoms with van der Waals surface area (Å²) in [5.41, 5.74) is 3.64. The summed E-state index contributed by atoms with van der Waals surface area (Å²) in [6, 6.07) is 4.43. The second kappa shape index (κ2) is 9.52. The predicted octanol–water partition coefficient (Wildman–Crippen LogP) is 5.34. The molecule has 0 aromatic carbocycles. The topological polar surface area (TPSA) is 53.4 Å². The number of hydrogen-bond acceptors (Lipinski definition) is 5. The molecule has 1 aromatic heterocycles. The molecule has 1 aliphatic rings. The molecule has 2 rings (SSSR count). The maximum Gasteiger partial charge on any atom is 0.151 e. The van der Waals surface area contributed by atoms with Gasteiger partial charge in [0.05, 0.1) is 11.4 Å². The third-order valence-corrected chi connectivity index (χ3v) is 5.51. The molecule has 5 heteroatoms. The molecule has 30 heavy (non-hydrogen) atoms. The van der Waals surface area contributed by atoms with Gasteiger partial charge in [-0.15, -0.1) is 10.2 Å². The lowest BCUT2D eigenvalue weighted by Crippen LogP contribution is -2.62. The second-order valence-corrected chi connectivity index (χ2v) is 9.31. The predicted molar refractivity (Wildman–Crippen MR) is 130 cm³/mol. The van der Waals surface area contributed by atoms with E-state index < -0.39 is 0 Å². The number of rotatable bonds is 7. The van der Waals surface area contributed by atoms with Crippen molar-refractivity contribution in [3.05, 3.63) is 60.5 Å². The average molecular weight is 408 g/mol. The van der Waals surface area contributed by atoms with Gasteiger partial charge >= 0.3 is 0 Å². The van der Waals surface area contributed by atoms with Gasteiger partial charge in [-0.05, 0) is 78.2 Å². The molecule has 1 aromatic rings. The normalized spacial score (nSPS) is 20.0. The molecule has 1 N–H and O–H groups in total. The summed E-state index contributed by atoms with van der Waals surface area (Å²) in [6.07, 6.45) is 9.43. The van der Waals surface area contributed by atoms with Crippen molar-refractivity contribution < 1.29 is 0 Å². The van der Waals surface area contributed by atoms with Crippen molar-refractivity contribution in [2.24, 2.45) is 4.99 Å². The van der Waals surface area contributed by atoms with Gasteiger partial charge in [0, 0.05) is 36.0 Å². The zero-order valence-electron chi connectivity index (χ0n) is 19.7. The molecule has 0 atom stereocenters. The van der Waals surface area contributed by atoms with E-state index in [0.29, 0.717) is 6.04 Å². The number of nitrogens with one attached hydrogen (secondary N) is 1. The van der Waals surface area contributed by atoms with Crippen molar-refractivity contribution >= 4 is 17.6 Å². The first-order valence-electron chi connectivity index (χ1n) is 10.5. The van der Waals surface area contributed by atoms with Crippen molar-refractivity contribution in [1.82, 2.24) is 15.5 Å². The fourth-order valence-electron chi connectivity index (χ4n) is 4.28. The van der Waals surface area contributed by atoms with Crippen LogP contribution in [0.4, 0.5) is 5.82 Å². The van der Waals surface area contributed by atoms with Gasteiger partial charge < -0.3 is 10.2 Å². The fraction of sp³-hybridized carbons (Fsp3) is 0.480. The molecular weight excluding hydrogens is 370 g/mol. The van der Waals surface area contributed by atoms with Crippen LogP contribution in [0, 0.1) is 0 Å². The Balaban J connectivity index is 2.29. The Morgan fingerprint density at radius 3 is 2.23 bits per heavy atom. The molecule has 0 amide bonds. The van der Waals surface area contributed by atoms with E-state index in [1.54, 1.807) is 18.4 Å². The first-order chi connectivity index (χ1) is 14.0. The van der Waals surface area contributed by atoms with E-state index in [0.717, 1.165) is 41.2 Å². The molecule has 0 spiro atoms. The van der Waals surface area contributed by atoms with Gasteiger partial charge in [0.1, 0.15) is 0 Å². The molecule has 0 bridgehead atoms. The van der Waals surface area contributed by atoms with Gasteiger partial charge in [0.2, 0.25) is 0 Å². The summed E-state index contributed by atoms with van der Waals surface area (Å²) >= 11 is 0. The van der Waals surface area contributed by atoms with Crippen molar-refractivity contribution in [2.45, 2.75) is 71.5 Å². The molecule has 2 heterocycles. The highest BCUT2D eigenvalue weighted by atomic mass is 15.3. The van der Waals surface area contributed by atoms with Crippen LogP contribution in [0.5, 0.6) is 0 Å². The molecular formula is C25H37N5. The lowest BCUT2D eigenvalue weighted by atomic mass is 9.79. The SMILES string of the molecule is C=C/C(C)=C(/C=C(\C=C)c1ccc(N(C)C2CC(C)(C)NC(C)(C)C2)nn1)\N=C/C. The number of aliphatic imine (C=N–C) groups is 1. The monoisotopic (exact) mass is 407 g/mol. The second-order valence-electron chi connectivity index (χ2n) is 9.31. The standard InChI is InChI=1S/C25H37N5/c1-10-18(4)22(26-12-3)15-19(11-2)21-13-14-23(28-27-21)30(9)20-16-24(5,6)29-25(7,8)17-20/h10-15,20,29H,1-2,16-17H2,3-9H3/b19-15+,22-18-,26-12-. The molecule has 1 aliphatic heterocycles. The zero-order valence-corrected chi connectivity index (χ0v) is 19.7. The van der Waals surface area contributed by atoms with Crippen molar-refractivity contribution in [2.75, 3.05) is 11.9 Å². The summed E-state index contributed by atoms with van der Waals surface area (Å²) in [7, 11) is 2.11. The molecule has 5 nitrogen and oxygen atoms in total. The minimum absolute atomic E-state index is 0.0817. The van der Waals surface area contributed by atoms with Crippen LogP contribution >= 0.6 is 0 Å². The average Bonchev–Trinajstić information content (AvgIpc) is 2.67. The number of piperidine rings is 1. The van der Waals surface area contributed by atoms with Crippen molar-refractivity contribution in [3.8, 4) is 0 Å². The van der Waals surface area contributed by atoms with E-state index in [2.05, 4.69) is 73.3 Å². The summed E-state index contributed by atoms with van der Waals surface area (Å²) < 4.78 is 0. The van der Waals surface area contributed by atoms with Gasteiger partial charge in [-0.3, -0.25) is 4.99 Å². The van der Waals surface area contributed by atoms with Gasteiger partial charge in [-0.2, -0.15) is 0 Å². The molecule has 0 unspecified atom stereocenters. The van der Waals surface area contributed by atoms with E-state index in [1.807, 2.05) is 32.1 Å². The van der Waals surface area contributed by atoms with E-state index in [4.69, 9.17) is 0 Å². The number of hydrogen-bond donors (Lipinski definition) is 1. The summed E-state index contributed by atoms with van der Waals surface area (Å²) in [5.74, 6) is 0.880. The number of aromatic nitrogens is 2. The highest BCUT2D eigenvalue weighted by Gasteiger charge is 2.39. The highest BCUT2D eigenvalue weighted by molar-refractivity contribution is 5.74. The molecule has 1 fully saturated rings. The minimum atomic E-state index is 0.0817. The van der Waals surface area contributed by atoms with Crippen LogP contribution in [0.25, 0.3) is 5.57 Å². The van der Waals surface area contributed by atoms with Gasteiger partial charge in [-0.25, -0.2) is 0 Å². The van der Waals surface area contributed by atoms with Gasteiger partial charge in [-0.1, -0.05) is 25.3 Å². The number of nitrogens with zero attached hydrogens (tertiary/aromatic N) is 4. The third kappa shape index (κ3) is 5.99. The molecule has 0 radical (unpaired) electrons. The molecule has 162 valence electrons. The van der Waals surface area contributed by atoms with Crippen LogP contribution in [-0.4, -0.2) is 40.6 Å². The first kappa shape index (κ1) is 23.7. The largest absolute Gasteiger partial charge is 0.355 e. The van der Waals surface area contributed by atoms with E-state index in [1.165, 1.54) is 0 Å². The molecule has 0 aliphatic carbocycles. The van der Waals surface area contributed by atoms with Gasteiger partial charge in [0.15, 0.2) is 5.82 Å². The third-order valence-electron chi connectivity index (χ3n) is 5.51. The van der Waals surface area contributed by atoms with Crippen LogP contribution in [-0.2, 0) is 0 Å². The molecule has 0 saturated carbocycles.